The molecule has 0 aliphatic rings. The van der Waals surface area contributed by atoms with Gasteiger partial charge in [0.15, 0.2) is 0 Å². The molecule has 2 aromatic rings. The van der Waals surface area contributed by atoms with E-state index in [2.05, 4.69) is 15.3 Å². The van der Waals surface area contributed by atoms with E-state index in [0.717, 1.165) is 0 Å². The lowest BCUT2D eigenvalue weighted by molar-refractivity contribution is 1.15. The molecule has 1 heterocycles. The first-order chi connectivity index (χ1) is 8.18. The number of nitrogens with zero attached hydrogens (tertiary/aromatic N) is 2. The van der Waals surface area contributed by atoms with Crippen molar-refractivity contribution < 1.29 is 0 Å². The molecule has 1 aromatic heterocycles. The Hall–Kier alpha value is -1.23. The van der Waals surface area contributed by atoms with Gasteiger partial charge >= 0.3 is 0 Å². The van der Waals surface area contributed by atoms with Crippen molar-refractivity contribution in [2.45, 2.75) is 0 Å². The van der Waals surface area contributed by atoms with Crippen LogP contribution in [0.3, 0.4) is 0 Å². The summed E-state index contributed by atoms with van der Waals surface area (Å²) in [6.45, 7) is 0. The number of nitrogens with one attached hydrogen (secondary N) is 1. The largest absolute Gasteiger partial charge is 0.342 e. The lowest BCUT2D eigenvalue weighted by Gasteiger charge is -2.10. The summed E-state index contributed by atoms with van der Waals surface area (Å²) in [5.74, 6) is 0. The zero-order valence-electron chi connectivity index (χ0n) is 8.52. The minimum absolute atomic E-state index is 0.447. The fraction of sp³-hybridized carbons (Fsp3) is 0. The average molecular weight is 284 g/mol. The number of para-hydroxylation sites is 1. The highest BCUT2D eigenvalue weighted by molar-refractivity contribution is 7.81. The maximum Gasteiger partial charge on any atom is 0.129 e. The third-order valence-electron chi connectivity index (χ3n) is 2.02. The molecule has 1 aromatic carbocycles. The van der Waals surface area contributed by atoms with Crippen LogP contribution in [0.15, 0.2) is 36.8 Å². The number of hydrogen-bond acceptors (Lipinski definition) is 3. The van der Waals surface area contributed by atoms with Crippen molar-refractivity contribution in [1.82, 2.24) is 9.97 Å². The molecule has 0 atom stereocenters. The first kappa shape index (κ1) is 12.2. The first-order valence-corrected chi connectivity index (χ1v) is 5.86. The van der Waals surface area contributed by atoms with Crippen molar-refractivity contribution in [2.75, 3.05) is 5.32 Å². The van der Waals surface area contributed by atoms with E-state index in [-0.39, 0.29) is 0 Å². The molecule has 0 bridgehead atoms. The molecule has 0 saturated heterocycles. The van der Waals surface area contributed by atoms with Gasteiger partial charge in [-0.3, -0.25) is 0 Å². The highest BCUT2D eigenvalue weighted by Gasteiger charge is 2.08. The Labute approximate surface area is 114 Å². The summed E-state index contributed by atoms with van der Waals surface area (Å²) < 4.78 is 0. The van der Waals surface area contributed by atoms with Crippen LogP contribution in [-0.4, -0.2) is 15.0 Å². The van der Waals surface area contributed by atoms with Crippen LogP contribution in [0.4, 0.5) is 5.69 Å². The van der Waals surface area contributed by atoms with Crippen molar-refractivity contribution in [3.8, 4) is 0 Å². The second-order valence-electron chi connectivity index (χ2n) is 3.15. The highest BCUT2D eigenvalue weighted by Crippen LogP contribution is 2.30. The number of thiocarbonyl (C=S) groups is 1. The quantitative estimate of drug-likeness (QED) is 0.855. The van der Waals surface area contributed by atoms with Gasteiger partial charge in [-0.05, 0) is 18.2 Å². The molecule has 0 aliphatic heterocycles. The van der Waals surface area contributed by atoms with Crippen LogP contribution >= 0.6 is 35.4 Å². The van der Waals surface area contributed by atoms with Crippen molar-refractivity contribution in [3.63, 3.8) is 0 Å². The maximum absolute atomic E-state index is 6.02. The van der Waals surface area contributed by atoms with Gasteiger partial charge in [0.1, 0.15) is 17.0 Å². The summed E-state index contributed by atoms with van der Waals surface area (Å²) in [5, 5.41) is 3.99. The van der Waals surface area contributed by atoms with E-state index in [4.69, 9.17) is 35.4 Å². The van der Waals surface area contributed by atoms with E-state index < -0.39 is 0 Å². The summed E-state index contributed by atoms with van der Waals surface area (Å²) in [5.41, 5.74) is 1.20. The van der Waals surface area contributed by atoms with E-state index in [1.807, 2.05) is 0 Å². The Morgan fingerprint density at radius 2 is 1.88 bits per heavy atom. The molecule has 1 N–H and O–H groups in total. The van der Waals surface area contributed by atoms with Gasteiger partial charge in [-0.2, -0.15) is 0 Å². The van der Waals surface area contributed by atoms with Gasteiger partial charge in [0.05, 0.1) is 15.7 Å². The monoisotopic (exact) mass is 283 g/mol. The standard InChI is InChI=1S/C11H7Cl2N3S/c12-7-2-1-3-8(13)10(7)16-11(17)9-4-5-14-6-15-9/h1-6H,(H,16,17). The topological polar surface area (TPSA) is 37.8 Å². The number of anilines is 1. The molecule has 0 amide bonds. The molecule has 0 spiro atoms. The Kier molecular flexibility index (Phi) is 3.89. The predicted molar refractivity (Wildman–Crippen MR) is 73.8 cm³/mol. The maximum atomic E-state index is 6.02. The Morgan fingerprint density at radius 3 is 2.47 bits per heavy atom. The second kappa shape index (κ2) is 5.40. The molecule has 86 valence electrons. The fourth-order valence-corrected chi connectivity index (χ4v) is 1.93. The van der Waals surface area contributed by atoms with Gasteiger partial charge in [0.25, 0.3) is 0 Å². The van der Waals surface area contributed by atoms with Crippen molar-refractivity contribution in [3.05, 3.63) is 52.5 Å². The third kappa shape index (κ3) is 2.91. The van der Waals surface area contributed by atoms with Crippen molar-refractivity contribution in [1.29, 1.82) is 0 Å². The second-order valence-corrected chi connectivity index (χ2v) is 4.37. The van der Waals surface area contributed by atoms with Gasteiger partial charge < -0.3 is 5.32 Å². The zero-order valence-corrected chi connectivity index (χ0v) is 10.9. The van der Waals surface area contributed by atoms with Crippen LogP contribution in [-0.2, 0) is 0 Å². The molecule has 0 aliphatic carbocycles. The number of halogens is 2. The molecule has 3 nitrogen and oxygen atoms in total. The smallest absolute Gasteiger partial charge is 0.129 e. The van der Waals surface area contributed by atoms with Crippen molar-refractivity contribution >= 4 is 46.1 Å². The summed E-state index contributed by atoms with van der Waals surface area (Å²) in [7, 11) is 0. The molecule has 17 heavy (non-hydrogen) atoms. The van der Waals surface area contributed by atoms with Crippen LogP contribution in [0, 0.1) is 0 Å². The summed E-state index contributed by atoms with van der Waals surface area (Å²) in [6.07, 6.45) is 3.04. The van der Waals surface area contributed by atoms with Crippen LogP contribution < -0.4 is 5.32 Å². The van der Waals surface area contributed by atoms with Crippen LogP contribution in [0.5, 0.6) is 0 Å². The molecule has 0 radical (unpaired) electrons. The van der Waals surface area contributed by atoms with Gasteiger partial charge in [-0.25, -0.2) is 9.97 Å². The Morgan fingerprint density at radius 1 is 1.18 bits per heavy atom. The summed E-state index contributed by atoms with van der Waals surface area (Å²) in [4.78, 5) is 8.30. The normalized spacial score (nSPS) is 10.0. The van der Waals surface area contributed by atoms with Gasteiger partial charge in [0.2, 0.25) is 0 Å². The van der Waals surface area contributed by atoms with Crippen molar-refractivity contribution in [2.24, 2.45) is 0 Å². The number of rotatable bonds is 2. The Bertz CT molecular complexity index is 525. The van der Waals surface area contributed by atoms with E-state index in [0.29, 0.717) is 26.4 Å². The first-order valence-electron chi connectivity index (χ1n) is 4.70. The number of hydrogen-bond donors (Lipinski definition) is 1. The molecule has 6 heteroatoms. The average Bonchev–Trinajstić information content (AvgIpc) is 2.35. The van der Waals surface area contributed by atoms with E-state index in [1.165, 1.54) is 6.33 Å². The van der Waals surface area contributed by atoms with E-state index >= 15 is 0 Å². The van der Waals surface area contributed by atoms with Gasteiger partial charge in [-0.15, -0.1) is 0 Å². The summed E-state index contributed by atoms with van der Waals surface area (Å²) in [6, 6.07) is 6.94. The highest BCUT2D eigenvalue weighted by atomic mass is 35.5. The minimum Gasteiger partial charge on any atom is -0.342 e. The van der Waals surface area contributed by atoms with E-state index in [9.17, 15) is 0 Å². The van der Waals surface area contributed by atoms with Crippen LogP contribution in [0.1, 0.15) is 5.69 Å². The lowest BCUT2D eigenvalue weighted by Crippen LogP contribution is -2.12. The summed E-state index contributed by atoms with van der Waals surface area (Å²) >= 11 is 17.2. The predicted octanol–water partition coefficient (Wildman–Crippen LogP) is 3.57. The lowest BCUT2D eigenvalue weighted by atomic mass is 10.3. The molecule has 0 unspecified atom stereocenters. The Balaban J connectivity index is 2.25. The molecular formula is C11H7Cl2N3S. The number of aromatic nitrogens is 2. The molecule has 0 fully saturated rings. The molecule has 2 rings (SSSR count). The van der Waals surface area contributed by atoms with Crippen LogP contribution in [0.2, 0.25) is 10.0 Å². The zero-order chi connectivity index (χ0) is 12.3. The van der Waals surface area contributed by atoms with Gasteiger partial charge in [0, 0.05) is 6.20 Å². The molecular weight excluding hydrogens is 277 g/mol. The third-order valence-corrected chi connectivity index (χ3v) is 2.96. The van der Waals surface area contributed by atoms with Gasteiger partial charge in [-0.1, -0.05) is 41.5 Å². The van der Waals surface area contributed by atoms with E-state index in [1.54, 1.807) is 30.5 Å². The molecule has 0 saturated carbocycles. The SMILES string of the molecule is S=C(Nc1c(Cl)cccc1Cl)c1ccncn1. The van der Waals surface area contributed by atoms with Crippen LogP contribution in [0.25, 0.3) is 0 Å². The number of benzene rings is 1. The fourth-order valence-electron chi connectivity index (χ4n) is 1.22. The minimum atomic E-state index is 0.447.